The van der Waals surface area contributed by atoms with Crippen LogP contribution in [0.25, 0.3) is 0 Å². The number of benzene rings is 2. The van der Waals surface area contributed by atoms with Crippen molar-refractivity contribution in [3.05, 3.63) is 53.3 Å². The SMILES string of the molecule is CC1(c2ccc(F)c(NC(=O)c3ccc4c(c3)OCO4)c2)CCSC(N)=N1. The van der Waals surface area contributed by atoms with Crippen molar-refractivity contribution in [1.29, 1.82) is 0 Å². The topological polar surface area (TPSA) is 85.9 Å². The minimum absolute atomic E-state index is 0.100. The van der Waals surface area contributed by atoms with Gasteiger partial charge in [0.05, 0.1) is 11.2 Å². The van der Waals surface area contributed by atoms with E-state index in [0.29, 0.717) is 22.2 Å². The van der Waals surface area contributed by atoms with Crippen LogP contribution < -0.4 is 20.5 Å². The first-order valence-electron chi connectivity index (χ1n) is 8.44. The second kappa shape index (κ2) is 6.77. The van der Waals surface area contributed by atoms with Gasteiger partial charge >= 0.3 is 0 Å². The van der Waals surface area contributed by atoms with Crippen LogP contribution in [0.2, 0.25) is 0 Å². The van der Waals surface area contributed by atoms with Crippen molar-refractivity contribution in [1.82, 2.24) is 0 Å². The first-order chi connectivity index (χ1) is 12.9. The van der Waals surface area contributed by atoms with Gasteiger partial charge in [-0.2, -0.15) is 0 Å². The van der Waals surface area contributed by atoms with E-state index in [1.54, 1.807) is 30.3 Å². The molecule has 0 bridgehead atoms. The third-order valence-electron chi connectivity index (χ3n) is 4.67. The molecule has 2 aromatic rings. The molecule has 0 aromatic heterocycles. The molecule has 3 N–H and O–H groups in total. The highest BCUT2D eigenvalue weighted by Crippen LogP contribution is 2.37. The Morgan fingerprint density at radius 1 is 1.26 bits per heavy atom. The van der Waals surface area contributed by atoms with Gasteiger partial charge in [0, 0.05) is 11.3 Å². The van der Waals surface area contributed by atoms with Crippen molar-refractivity contribution in [2.75, 3.05) is 17.9 Å². The number of carbonyl (C=O) groups excluding carboxylic acids is 1. The van der Waals surface area contributed by atoms with Crippen LogP contribution in [0.4, 0.5) is 10.1 Å². The van der Waals surface area contributed by atoms with Crippen LogP contribution in [0, 0.1) is 5.82 Å². The van der Waals surface area contributed by atoms with Gasteiger partial charge in [0.15, 0.2) is 16.7 Å². The second-order valence-corrected chi connectivity index (χ2v) is 7.65. The number of fused-ring (bicyclic) bond motifs is 1. The summed E-state index contributed by atoms with van der Waals surface area (Å²) in [6.45, 7) is 2.08. The van der Waals surface area contributed by atoms with Gasteiger partial charge in [0.25, 0.3) is 5.91 Å². The smallest absolute Gasteiger partial charge is 0.255 e. The Bertz CT molecular complexity index is 950. The summed E-state index contributed by atoms with van der Waals surface area (Å²) >= 11 is 1.50. The Labute approximate surface area is 159 Å². The molecule has 27 heavy (non-hydrogen) atoms. The molecule has 0 radical (unpaired) electrons. The number of halogens is 1. The van der Waals surface area contributed by atoms with E-state index >= 15 is 0 Å². The van der Waals surface area contributed by atoms with Gasteiger partial charge in [0.2, 0.25) is 6.79 Å². The maximum absolute atomic E-state index is 14.3. The molecule has 0 saturated carbocycles. The van der Waals surface area contributed by atoms with E-state index in [9.17, 15) is 9.18 Å². The van der Waals surface area contributed by atoms with E-state index in [1.807, 2.05) is 6.92 Å². The predicted octanol–water partition coefficient (Wildman–Crippen LogP) is 3.47. The fourth-order valence-corrected chi connectivity index (χ4v) is 4.06. The number of nitrogens with two attached hydrogens (primary N) is 1. The lowest BCUT2D eigenvalue weighted by atomic mass is 9.89. The van der Waals surface area contributed by atoms with Crippen molar-refractivity contribution >= 4 is 28.5 Å². The zero-order valence-corrected chi connectivity index (χ0v) is 15.4. The van der Waals surface area contributed by atoms with Crippen LogP contribution in [0.5, 0.6) is 11.5 Å². The molecule has 4 rings (SSSR count). The summed E-state index contributed by atoms with van der Waals surface area (Å²) in [5, 5.41) is 3.14. The lowest BCUT2D eigenvalue weighted by molar-refractivity contribution is 0.102. The molecule has 1 unspecified atom stereocenters. The summed E-state index contributed by atoms with van der Waals surface area (Å²) in [7, 11) is 0. The number of amidine groups is 1. The Hall–Kier alpha value is -2.74. The molecule has 2 aromatic carbocycles. The normalized spacial score (nSPS) is 20.9. The van der Waals surface area contributed by atoms with Gasteiger partial charge in [-0.3, -0.25) is 9.79 Å². The van der Waals surface area contributed by atoms with E-state index in [2.05, 4.69) is 10.3 Å². The Balaban J connectivity index is 1.60. The van der Waals surface area contributed by atoms with Crippen LogP contribution in [0.15, 0.2) is 41.4 Å². The highest BCUT2D eigenvalue weighted by molar-refractivity contribution is 8.13. The predicted molar refractivity (Wildman–Crippen MR) is 103 cm³/mol. The third-order valence-corrected chi connectivity index (χ3v) is 5.46. The minimum Gasteiger partial charge on any atom is -0.454 e. The van der Waals surface area contributed by atoms with E-state index in [-0.39, 0.29) is 12.5 Å². The van der Waals surface area contributed by atoms with Crippen molar-refractivity contribution in [3.63, 3.8) is 0 Å². The fourth-order valence-electron chi connectivity index (χ4n) is 3.08. The number of thioether (sulfide) groups is 1. The number of hydrogen-bond donors (Lipinski definition) is 2. The third kappa shape index (κ3) is 3.44. The highest BCUT2D eigenvalue weighted by atomic mass is 32.2. The lowest BCUT2D eigenvalue weighted by Crippen LogP contribution is -2.29. The maximum atomic E-state index is 14.3. The first kappa shape index (κ1) is 17.7. The molecule has 0 fully saturated rings. The molecule has 2 aliphatic rings. The summed E-state index contributed by atoms with van der Waals surface area (Å²) < 4.78 is 24.8. The molecule has 2 heterocycles. The minimum atomic E-state index is -0.540. The largest absolute Gasteiger partial charge is 0.454 e. The van der Waals surface area contributed by atoms with Gasteiger partial charge in [-0.25, -0.2) is 4.39 Å². The number of anilines is 1. The Morgan fingerprint density at radius 3 is 2.89 bits per heavy atom. The number of nitrogens with one attached hydrogen (secondary N) is 1. The second-order valence-electron chi connectivity index (χ2n) is 6.54. The zero-order valence-electron chi connectivity index (χ0n) is 14.6. The van der Waals surface area contributed by atoms with Gasteiger partial charge in [-0.05, 0) is 49.2 Å². The molecule has 140 valence electrons. The molecular formula is C19H18FN3O3S. The molecule has 8 heteroatoms. The van der Waals surface area contributed by atoms with E-state index in [0.717, 1.165) is 17.7 Å². The van der Waals surface area contributed by atoms with E-state index in [1.165, 1.54) is 17.8 Å². The monoisotopic (exact) mass is 387 g/mol. The number of aliphatic imine (C=N–C) groups is 1. The number of carbonyl (C=O) groups is 1. The molecule has 0 spiro atoms. The number of nitrogens with zero attached hydrogens (tertiary/aromatic N) is 1. The maximum Gasteiger partial charge on any atom is 0.255 e. The van der Waals surface area contributed by atoms with Crippen LogP contribution in [-0.2, 0) is 5.54 Å². The van der Waals surface area contributed by atoms with Crippen molar-refractivity contribution < 1.29 is 18.7 Å². The Morgan fingerprint density at radius 2 is 2.07 bits per heavy atom. The quantitative estimate of drug-likeness (QED) is 0.842. The molecule has 6 nitrogen and oxygen atoms in total. The summed E-state index contributed by atoms with van der Waals surface area (Å²) in [6, 6.07) is 9.47. The number of ether oxygens (including phenoxy) is 2. The number of hydrogen-bond acceptors (Lipinski definition) is 6. The van der Waals surface area contributed by atoms with Crippen LogP contribution in [0.3, 0.4) is 0 Å². The molecule has 2 aliphatic heterocycles. The molecule has 0 aliphatic carbocycles. The average Bonchev–Trinajstić information content (AvgIpc) is 3.11. The summed E-state index contributed by atoms with van der Waals surface area (Å²) in [5.41, 5.74) is 6.58. The van der Waals surface area contributed by atoms with E-state index < -0.39 is 17.3 Å². The van der Waals surface area contributed by atoms with Crippen LogP contribution >= 0.6 is 11.8 Å². The van der Waals surface area contributed by atoms with Gasteiger partial charge in [0.1, 0.15) is 5.82 Å². The summed E-state index contributed by atoms with van der Waals surface area (Å²) in [5.74, 6) is 0.963. The highest BCUT2D eigenvalue weighted by Gasteiger charge is 2.30. The number of amides is 1. The average molecular weight is 387 g/mol. The fraction of sp³-hybridized carbons (Fsp3) is 0.263. The van der Waals surface area contributed by atoms with E-state index in [4.69, 9.17) is 15.2 Å². The van der Waals surface area contributed by atoms with Crippen LogP contribution in [-0.4, -0.2) is 23.6 Å². The van der Waals surface area contributed by atoms with Gasteiger partial charge < -0.3 is 20.5 Å². The molecular weight excluding hydrogens is 369 g/mol. The number of rotatable bonds is 3. The van der Waals surface area contributed by atoms with Gasteiger partial charge in [-0.15, -0.1) is 0 Å². The zero-order chi connectivity index (χ0) is 19.0. The summed E-state index contributed by atoms with van der Waals surface area (Å²) in [4.78, 5) is 17.1. The standard InChI is InChI=1S/C19H18FN3O3S/c1-19(6-7-27-18(21)23-19)12-3-4-13(20)14(9-12)22-17(24)11-2-5-15-16(8-11)26-10-25-15/h2-5,8-9H,6-7,10H2,1H3,(H2,21,23)(H,22,24). The first-order valence-corrected chi connectivity index (χ1v) is 9.42. The van der Waals surface area contributed by atoms with Gasteiger partial charge in [-0.1, -0.05) is 17.8 Å². The molecule has 1 atom stereocenters. The van der Waals surface area contributed by atoms with Crippen molar-refractivity contribution in [2.45, 2.75) is 18.9 Å². The Kier molecular flexibility index (Phi) is 4.43. The van der Waals surface area contributed by atoms with Crippen molar-refractivity contribution in [2.24, 2.45) is 10.7 Å². The molecule has 1 amide bonds. The lowest BCUT2D eigenvalue weighted by Gasteiger charge is -2.30. The van der Waals surface area contributed by atoms with Crippen LogP contribution in [0.1, 0.15) is 29.3 Å². The summed E-state index contributed by atoms with van der Waals surface area (Å²) in [6.07, 6.45) is 0.777. The van der Waals surface area contributed by atoms with Crippen molar-refractivity contribution in [3.8, 4) is 11.5 Å². The molecule has 0 saturated heterocycles.